The van der Waals surface area contributed by atoms with Crippen molar-refractivity contribution >= 4 is 17.5 Å². The maximum atomic E-state index is 12.8. The standard InChI is InChI=1S/C24H34O4/c1-13-10-20-17(19-11-14(2)22(27)12-18(13)19)6-8-23(5)21(20)7-9-24(23,15(3)25)28-16(4)26/h12-14,17,19-21H,6-11H2,1-5H3/t13-,14+,17+,19+,20+,21-,23-,24-/m0/s1. The molecule has 0 bridgehead atoms. The van der Waals surface area contributed by atoms with E-state index in [1.54, 1.807) is 6.92 Å². The third kappa shape index (κ3) is 2.59. The SMILES string of the molecule is CC(=O)O[C@]1(C(C)=O)CC[C@H]2[C@@H]3C[C@H](C)C4=CC(=O)[C@H](C)C[C@@H]4[C@H]3CC[C@@]21C. The fourth-order valence-electron chi connectivity index (χ4n) is 7.74. The molecule has 3 saturated carbocycles. The quantitative estimate of drug-likeness (QED) is 0.655. The van der Waals surface area contributed by atoms with Gasteiger partial charge in [0.25, 0.3) is 0 Å². The van der Waals surface area contributed by atoms with Gasteiger partial charge in [-0.15, -0.1) is 0 Å². The van der Waals surface area contributed by atoms with Crippen LogP contribution in [-0.4, -0.2) is 23.1 Å². The van der Waals surface area contributed by atoms with E-state index in [4.69, 9.17) is 4.74 Å². The fraction of sp³-hybridized carbons (Fsp3) is 0.792. The van der Waals surface area contributed by atoms with Gasteiger partial charge in [0.1, 0.15) is 0 Å². The van der Waals surface area contributed by atoms with Gasteiger partial charge in [-0.1, -0.05) is 26.3 Å². The number of ether oxygens (including phenoxy) is 1. The summed E-state index contributed by atoms with van der Waals surface area (Å²) in [5.41, 5.74) is 0.149. The molecule has 154 valence electrons. The Morgan fingerprint density at radius 2 is 1.75 bits per heavy atom. The molecule has 28 heavy (non-hydrogen) atoms. The van der Waals surface area contributed by atoms with Crippen molar-refractivity contribution in [2.24, 2.45) is 40.9 Å². The lowest BCUT2D eigenvalue weighted by molar-refractivity contribution is -0.186. The summed E-state index contributed by atoms with van der Waals surface area (Å²) in [7, 11) is 0. The van der Waals surface area contributed by atoms with Crippen LogP contribution in [0, 0.1) is 40.9 Å². The summed E-state index contributed by atoms with van der Waals surface area (Å²) in [5.74, 6) is 2.56. The molecular formula is C24H34O4. The molecule has 0 aromatic rings. The Kier molecular flexibility index (Phi) is 4.63. The molecule has 3 fully saturated rings. The Morgan fingerprint density at radius 1 is 1.04 bits per heavy atom. The van der Waals surface area contributed by atoms with Crippen LogP contribution in [0.1, 0.15) is 73.1 Å². The van der Waals surface area contributed by atoms with Crippen LogP contribution in [-0.2, 0) is 19.1 Å². The first-order chi connectivity index (χ1) is 13.1. The first-order valence-electron chi connectivity index (χ1n) is 11.1. The Bertz CT molecular complexity index is 752. The van der Waals surface area contributed by atoms with Crippen LogP contribution >= 0.6 is 0 Å². The number of fused-ring (bicyclic) bond motifs is 5. The molecule has 0 amide bonds. The summed E-state index contributed by atoms with van der Waals surface area (Å²) in [6.07, 6.45) is 7.61. The summed E-state index contributed by atoms with van der Waals surface area (Å²) >= 11 is 0. The zero-order valence-electron chi connectivity index (χ0n) is 17.9. The van der Waals surface area contributed by atoms with Gasteiger partial charge in [-0.2, -0.15) is 0 Å². The lowest BCUT2D eigenvalue weighted by atomic mass is 9.48. The van der Waals surface area contributed by atoms with Gasteiger partial charge in [0.2, 0.25) is 0 Å². The molecule has 4 aliphatic rings. The van der Waals surface area contributed by atoms with E-state index < -0.39 is 5.60 Å². The molecule has 8 atom stereocenters. The van der Waals surface area contributed by atoms with Crippen LogP contribution in [0.15, 0.2) is 11.6 Å². The smallest absolute Gasteiger partial charge is 0.303 e. The number of rotatable bonds is 2. The van der Waals surface area contributed by atoms with Crippen molar-refractivity contribution in [2.75, 3.05) is 0 Å². The molecule has 0 aliphatic heterocycles. The molecular weight excluding hydrogens is 352 g/mol. The van der Waals surface area contributed by atoms with E-state index in [0.717, 1.165) is 32.1 Å². The molecule has 4 heteroatoms. The molecule has 0 radical (unpaired) electrons. The van der Waals surface area contributed by atoms with Crippen molar-refractivity contribution in [3.63, 3.8) is 0 Å². The highest BCUT2D eigenvalue weighted by atomic mass is 16.6. The summed E-state index contributed by atoms with van der Waals surface area (Å²) < 4.78 is 5.83. The summed E-state index contributed by atoms with van der Waals surface area (Å²) in [6, 6.07) is 0. The van der Waals surface area contributed by atoms with Gasteiger partial charge in [0.05, 0.1) is 0 Å². The van der Waals surface area contributed by atoms with Crippen LogP contribution in [0.25, 0.3) is 0 Å². The average molecular weight is 387 g/mol. The molecule has 0 aromatic heterocycles. The zero-order chi connectivity index (χ0) is 20.4. The van der Waals surface area contributed by atoms with Gasteiger partial charge in [-0.05, 0) is 81.1 Å². The molecule has 4 aliphatic carbocycles. The minimum atomic E-state index is -0.955. The molecule has 0 heterocycles. The van der Waals surface area contributed by atoms with E-state index in [1.807, 2.05) is 6.08 Å². The third-order valence-electron chi connectivity index (χ3n) is 9.04. The predicted octanol–water partition coefficient (Wildman–Crippen LogP) is 4.51. The Labute approximate surface area is 168 Å². The van der Waals surface area contributed by atoms with E-state index in [0.29, 0.717) is 41.8 Å². The molecule has 4 rings (SSSR count). The van der Waals surface area contributed by atoms with Gasteiger partial charge in [-0.25, -0.2) is 0 Å². The Balaban J connectivity index is 1.70. The van der Waals surface area contributed by atoms with E-state index >= 15 is 0 Å². The number of carbonyl (C=O) groups excluding carboxylic acids is 3. The first kappa shape index (κ1) is 19.8. The van der Waals surface area contributed by atoms with E-state index in [9.17, 15) is 14.4 Å². The highest BCUT2D eigenvalue weighted by Gasteiger charge is 2.67. The average Bonchev–Trinajstić information content (AvgIpc) is 2.90. The number of hydrogen-bond donors (Lipinski definition) is 0. The normalized spacial score (nSPS) is 47.5. The van der Waals surface area contributed by atoms with Crippen LogP contribution in [0.3, 0.4) is 0 Å². The third-order valence-corrected chi connectivity index (χ3v) is 9.04. The first-order valence-corrected chi connectivity index (χ1v) is 11.1. The second-order valence-corrected chi connectivity index (χ2v) is 10.3. The highest BCUT2D eigenvalue weighted by molar-refractivity contribution is 5.93. The number of hydrogen-bond acceptors (Lipinski definition) is 4. The van der Waals surface area contributed by atoms with Crippen molar-refractivity contribution < 1.29 is 19.1 Å². The van der Waals surface area contributed by atoms with E-state index in [-0.39, 0.29) is 23.1 Å². The number of Topliss-reactive ketones (excluding diaryl/α,β-unsaturated/α-hetero) is 1. The highest BCUT2D eigenvalue weighted by Crippen LogP contribution is 2.66. The second kappa shape index (κ2) is 6.53. The van der Waals surface area contributed by atoms with Gasteiger partial charge in [0, 0.05) is 18.3 Å². The number of allylic oxidation sites excluding steroid dienone is 1. The van der Waals surface area contributed by atoms with E-state index in [1.165, 1.54) is 12.5 Å². The monoisotopic (exact) mass is 386 g/mol. The molecule has 0 saturated heterocycles. The molecule has 4 nitrogen and oxygen atoms in total. The Morgan fingerprint density at radius 3 is 2.39 bits per heavy atom. The number of carbonyl (C=O) groups is 3. The molecule has 0 aromatic carbocycles. The van der Waals surface area contributed by atoms with Gasteiger partial charge >= 0.3 is 5.97 Å². The van der Waals surface area contributed by atoms with Crippen LogP contribution in [0.2, 0.25) is 0 Å². The second-order valence-electron chi connectivity index (χ2n) is 10.3. The molecule has 0 N–H and O–H groups in total. The van der Waals surface area contributed by atoms with Crippen LogP contribution in [0.4, 0.5) is 0 Å². The zero-order valence-corrected chi connectivity index (χ0v) is 17.9. The molecule has 0 unspecified atom stereocenters. The maximum absolute atomic E-state index is 12.8. The van der Waals surface area contributed by atoms with Crippen molar-refractivity contribution in [1.82, 2.24) is 0 Å². The minimum absolute atomic E-state index is 0.00692. The fourth-order valence-corrected chi connectivity index (χ4v) is 7.74. The summed E-state index contributed by atoms with van der Waals surface area (Å²) in [4.78, 5) is 37.0. The van der Waals surface area contributed by atoms with Crippen molar-refractivity contribution in [1.29, 1.82) is 0 Å². The minimum Gasteiger partial charge on any atom is -0.451 e. The number of ketones is 2. The Hall–Kier alpha value is -1.45. The van der Waals surface area contributed by atoms with E-state index in [2.05, 4.69) is 20.8 Å². The maximum Gasteiger partial charge on any atom is 0.303 e. The molecule has 0 spiro atoms. The van der Waals surface area contributed by atoms with Crippen molar-refractivity contribution in [3.05, 3.63) is 11.6 Å². The van der Waals surface area contributed by atoms with Crippen molar-refractivity contribution in [2.45, 2.75) is 78.7 Å². The van der Waals surface area contributed by atoms with Crippen molar-refractivity contribution in [3.8, 4) is 0 Å². The van der Waals surface area contributed by atoms with Crippen LogP contribution < -0.4 is 0 Å². The van der Waals surface area contributed by atoms with Gasteiger partial charge in [-0.3, -0.25) is 14.4 Å². The predicted molar refractivity (Wildman–Crippen MR) is 106 cm³/mol. The topological polar surface area (TPSA) is 60.4 Å². The van der Waals surface area contributed by atoms with Crippen LogP contribution in [0.5, 0.6) is 0 Å². The largest absolute Gasteiger partial charge is 0.451 e. The summed E-state index contributed by atoms with van der Waals surface area (Å²) in [5, 5.41) is 0. The van der Waals surface area contributed by atoms with Gasteiger partial charge < -0.3 is 4.74 Å². The van der Waals surface area contributed by atoms with Gasteiger partial charge in [0.15, 0.2) is 17.2 Å². The lowest BCUT2D eigenvalue weighted by Gasteiger charge is -2.57. The number of esters is 1. The summed E-state index contributed by atoms with van der Waals surface area (Å²) in [6.45, 7) is 9.56. The lowest BCUT2D eigenvalue weighted by Crippen LogP contribution is -2.58.